The fourth-order valence-corrected chi connectivity index (χ4v) is 5.81. The van der Waals surface area contributed by atoms with Crippen LogP contribution in [-0.4, -0.2) is 75.5 Å². The van der Waals surface area contributed by atoms with Crippen LogP contribution in [-0.2, 0) is 26.0 Å². The van der Waals surface area contributed by atoms with Crippen LogP contribution < -0.4 is 4.90 Å². The van der Waals surface area contributed by atoms with Crippen molar-refractivity contribution >= 4 is 21.6 Å². The van der Waals surface area contributed by atoms with Gasteiger partial charge in [0.05, 0.1) is 11.5 Å². The Morgan fingerprint density at radius 2 is 1.89 bits per heavy atom. The molecule has 0 bridgehead atoms. The van der Waals surface area contributed by atoms with Crippen molar-refractivity contribution in [2.24, 2.45) is 0 Å². The van der Waals surface area contributed by atoms with Crippen molar-refractivity contribution in [3.8, 4) is 0 Å². The molecule has 0 radical (unpaired) electrons. The molecule has 2 atom stereocenters. The average Bonchev–Trinajstić information content (AvgIpc) is 3.04. The predicted octanol–water partition coefficient (Wildman–Crippen LogP) is 1.33. The third-order valence-corrected chi connectivity index (χ3v) is 7.41. The number of anilines is 1. The van der Waals surface area contributed by atoms with E-state index in [0.717, 1.165) is 17.8 Å². The van der Waals surface area contributed by atoms with Crippen LogP contribution in [0.1, 0.15) is 26.3 Å². The van der Waals surface area contributed by atoms with Crippen molar-refractivity contribution in [1.29, 1.82) is 0 Å². The summed E-state index contributed by atoms with van der Waals surface area (Å²) in [4.78, 5) is 16.0. The third-order valence-electron chi connectivity index (χ3n) is 5.59. The van der Waals surface area contributed by atoms with Gasteiger partial charge in [-0.3, -0.25) is 9.69 Å². The normalized spacial score (nSPS) is 24.2. The van der Waals surface area contributed by atoms with Gasteiger partial charge in [-0.05, 0) is 44.0 Å². The molecular weight excluding hydrogens is 366 g/mol. The van der Waals surface area contributed by atoms with Crippen LogP contribution in [0.2, 0.25) is 0 Å². The maximum Gasteiger partial charge on any atom is 0.243 e. The van der Waals surface area contributed by atoms with Crippen LogP contribution in [0.5, 0.6) is 0 Å². The van der Waals surface area contributed by atoms with Gasteiger partial charge in [-0.25, -0.2) is 8.42 Å². The summed E-state index contributed by atoms with van der Waals surface area (Å²) in [5.74, 6) is -0.0146. The molecule has 1 amide bonds. The SMILES string of the molecule is COCCN1C(C)CN(S(=O)(=O)c2ccc3c(c2)CCN3C(C)=O)CC1C. The Bertz CT molecular complexity index is 799. The van der Waals surface area contributed by atoms with Gasteiger partial charge in [0.1, 0.15) is 0 Å². The molecule has 1 fully saturated rings. The number of rotatable bonds is 5. The first-order valence-electron chi connectivity index (χ1n) is 9.41. The van der Waals surface area contributed by atoms with Crippen LogP contribution in [0.4, 0.5) is 5.69 Å². The number of benzene rings is 1. The Labute approximate surface area is 161 Å². The summed E-state index contributed by atoms with van der Waals surface area (Å²) >= 11 is 0. The maximum absolute atomic E-state index is 13.2. The summed E-state index contributed by atoms with van der Waals surface area (Å²) in [6.45, 7) is 8.62. The van der Waals surface area contributed by atoms with Gasteiger partial charge < -0.3 is 9.64 Å². The van der Waals surface area contributed by atoms with Crippen molar-refractivity contribution in [3.63, 3.8) is 0 Å². The van der Waals surface area contributed by atoms with Gasteiger partial charge >= 0.3 is 0 Å². The molecule has 1 saturated heterocycles. The minimum atomic E-state index is -3.56. The Hall–Kier alpha value is -1.48. The predicted molar refractivity (Wildman–Crippen MR) is 104 cm³/mol. The zero-order valence-electron chi connectivity index (χ0n) is 16.5. The molecule has 1 aromatic carbocycles. The lowest BCUT2D eigenvalue weighted by Crippen LogP contribution is -2.58. The third kappa shape index (κ3) is 3.89. The molecule has 2 aliphatic heterocycles. The molecule has 0 aromatic heterocycles. The van der Waals surface area contributed by atoms with Gasteiger partial charge in [0.25, 0.3) is 0 Å². The molecular formula is C19H29N3O4S. The van der Waals surface area contributed by atoms with Crippen molar-refractivity contribution in [2.45, 2.75) is 44.2 Å². The van der Waals surface area contributed by atoms with Gasteiger partial charge in [0.15, 0.2) is 0 Å². The first-order chi connectivity index (χ1) is 12.8. The zero-order valence-corrected chi connectivity index (χ0v) is 17.3. The molecule has 0 aliphatic carbocycles. The minimum absolute atomic E-state index is 0.0146. The highest BCUT2D eigenvalue weighted by molar-refractivity contribution is 7.89. The summed E-state index contributed by atoms with van der Waals surface area (Å²) in [5.41, 5.74) is 1.75. The number of hydrogen-bond donors (Lipinski definition) is 0. The van der Waals surface area contributed by atoms with E-state index in [0.29, 0.717) is 37.6 Å². The second-order valence-corrected chi connectivity index (χ2v) is 9.40. The number of amides is 1. The van der Waals surface area contributed by atoms with Crippen molar-refractivity contribution in [2.75, 3.05) is 44.8 Å². The Morgan fingerprint density at radius 1 is 1.22 bits per heavy atom. The lowest BCUT2D eigenvalue weighted by molar-refractivity contribution is -0.116. The first kappa shape index (κ1) is 20.3. The van der Waals surface area contributed by atoms with Gasteiger partial charge in [-0.2, -0.15) is 4.31 Å². The van der Waals surface area contributed by atoms with Crippen LogP contribution in [0.25, 0.3) is 0 Å². The zero-order chi connectivity index (χ0) is 19.8. The lowest BCUT2D eigenvalue weighted by Gasteiger charge is -2.43. The molecule has 3 rings (SSSR count). The monoisotopic (exact) mass is 395 g/mol. The van der Waals surface area contributed by atoms with E-state index < -0.39 is 10.0 Å². The largest absolute Gasteiger partial charge is 0.383 e. The summed E-state index contributed by atoms with van der Waals surface area (Å²) < 4.78 is 33.2. The minimum Gasteiger partial charge on any atom is -0.383 e. The topological polar surface area (TPSA) is 70.2 Å². The average molecular weight is 396 g/mol. The molecule has 27 heavy (non-hydrogen) atoms. The summed E-state index contributed by atoms with van der Waals surface area (Å²) in [6.07, 6.45) is 0.690. The highest BCUT2D eigenvalue weighted by Gasteiger charge is 2.36. The number of carbonyl (C=O) groups is 1. The molecule has 2 unspecified atom stereocenters. The van der Waals surface area contributed by atoms with Gasteiger partial charge in [0.2, 0.25) is 15.9 Å². The fraction of sp³-hybridized carbons (Fsp3) is 0.632. The number of methoxy groups -OCH3 is 1. The van der Waals surface area contributed by atoms with Crippen molar-refractivity contribution < 1.29 is 17.9 Å². The van der Waals surface area contributed by atoms with Gasteiger partial charge in [0, 0.05) is 58.0 Å². The molecule has 8 heteroatoms. The van der Waals surface area contributed by atoms with E-state index >= 15 is 0 Å². The van der Waals surface area contributed by atoms with E-state index in [1.165, 1.54) is 6.92 Å². The van der Waals surface area contributed by atoms with E-state index in [1.807, 2.05) is 0 Å². The number of carbonyl (C=O) groups excluding carboxylic acids is 1. The summed E-state index contributed by atoms with van der Waals surface area (Å²) in [7, 11) is -1.88. The van der Waals surface area contributed by atoms with Crippen LogP contribution >= 0.6 is 0 Å². The Balaban J connectivity index is 1.80. The van der Waals surface area contributed by atoms with E-state index in [1.54, 1.807) is 34.5 Å². The second-order valence-electron chi connectivity index (χ2n) is 7.46. The highest BCUT2D eigenvalue weighted by atomic mass is 32.2. The number of fused-ring (bicyclic) bond motifs is 1. The molecule has 150 valence electrons. The molecule has 0 saturated carbocycles. The number of sulfonamides is 1. The van der Waals surface area contributed by atoms with Crippen molar-refractivity contribution in [3.05, 3.63) is 23.8 Å². The Morgan fingerprint density at radius 3 is 2.48 bits per heavy atom. The molecule has 1 aromatic rings. The maximum atomic E-state index is 13.2. The van der Waals surface area contributed by atoms with E-state index in [-0.39, 0.29) is 18.0 Å². The number of nitrogens with zero attached hydrogens (tertiary/aromatic N) is 3. The van der Waals surface area contributed by atoms with Crippen LogP contribution in [0.3, 0.4) is 0 Å². The molecule has 7 nitrogen and oxygen atoms in total. The van der Waals surface area contributed by atoms with Crippen LogP contribution in [0, 0.1) is 0 Å². The summed E-state index contributed by atoms with van der Waals surface area (Å²) in [5, 5.41) is 0. The first-order valence-corrected chi connectivity index (χ1v) is 10.9. The smallest absolute Gasteiger partial charge is 0.243 e. The van der Waals surface area contributed by atoms with E-state index in [4.69, 9.17) is 4.74 Å². The molecule has 2 heterocycles. The standard InChI is InChI=1S/C19H29N3O4S/c1-14-12-20(13-15(2)21(14)9-10-26-4)27(24,25)18-5-6-19-17(11-18)7-8-22(19)16(3)23/h5-6,11,14-15H,7-10,12-13H2,1-4H3. The molecule has 2 aliphatic rings. The van der Waals surface area contributed by atoms with Crippen molar-refractivity contribution in [1.82, 2.24) is 9.21 Å². The fourth-order valence-electron chi connectivity index (χ4n) is 4.16. The molecule has 0 spiro atoms. The van der Waals surface area contributed by atoms with E-state index in [9.17, 15) is 13.2 Å². The number of piperazine rings is 1. The quantitative estimate of drug-likeness (QED) is 0.752. The summed E-state index contributed by atoms with van der Waals surface area (Å²) in [6, 6.07) is 5.38. The Kier molecular flexibility index (Phi) is 5.90. The molecule has 0 N–H and O–H groups in total. The van der Waals surface area contributed by atoms with E-state index in [2.05, 4.69) is 18.7 Å². The van der Waals surface area contributed by atoms with Crippen LogP contribution in [0.15, 0.2) is 23.1 Å². The second kappa shape index (κ2) is 7.87. The van der Waals surface area contributed by atoms with Gasteiger partial charge in [-0.1, -0.05) is 0 Å². The number of ether oxygens (including phenoxy) is 1. The highest BCUT2D eigenvalue weighted by Crippen LogP contribution is 2.32. The number of hydrogen-bond acceptors (Lipinski definition) is 5. The lowest BCUT2D eigenvalue weighted by atomic mass is 10.1. The van der Waals surface area contributed by atoms with Gasteiger partial charge in [-0.15, -0.1) is 0 Å².